The third-order valence-corrected chi connectivity index (χ3v) is 3.14. The number of carboxylic acid groups (broad SMARTS) is 1. The number of likely N-dealkylation sites (tertiary alicyclic amines) is 1. The molecular formula is C13H17NO4. The SMILES string of the molecule is O=C(O)c1ccc(CN2CCCCCCC2=O)o1. The van der Waals surface area contributed by atoms with Gasteiger partial charge >= 0.3 is 5.97 Å². The van der Waals surface area contributed by atoms with Crippen LogP contribution in [0, 0.1) is 0 Å². The van der Waals surface area contributed by atoms with Gasteiger partial charge in [-0.25, -0.2) is 4.79 Å². The van der Waals surface area contributed by atoms with Crippen molar-refractivity contribution in [3.05, 3.63) is 23.7 Å². The van der Waals surface area contributed by atoms with E-state index in [2.05, 4.69) is 0 Å². The molecule has 2 heterocycles. The van der Waals surface area contributed by atoms with Crippen molar-refractivity contribution in [1.29, 1.82) is 0 Å². The Morgan fingerprint density at radius 1 is 1.28 bits per heavy atom. The summed E-state index contributed by atoms with van der Waals surface area (Å²) in [5.41, 5.74) is 0. The van der Waals surface area contributed by atoms with Crippen molar-refractivity contribution in [3.63, 3.8) is 0 Å². The van der Waals surface area contributed by atoms with Crippen LogP contribution in [-0.2, 0) is 11.3 Å². The predicted octanol–water partition coefficient (Wildman–Crippen LogP) is 2.27. The van der Waals surface area contributed by atoms with Crippen molar-refractivity contribution < 1.29 is 19.1 Å². The molecule has 1 aromatic rings. The van der Waals surface area contributed by atoms with Crippen LogP contribution in [0.2, 0.25) is 0 Å². The van der Waals surface area contributed by atoms with E-state index in [4.69, 9.17) is 9.52 Å². The molecule has 0 aromatic carbocycles. The van der Waals surface area contributed by atoms with E-state index in [1.54, 1.807) is 11.0 Å². The van der Waals surface area contributed by atoms with Crippen LogP contribution in [0.25, 0.3) is 0 Å². The molecule has 0 atom stereocenters. The van der Waals surface area contributed by atoms with Gasteiger partial charge in [0.25, 0.3) is 0 Å². The summed E-state index contributed by atoms with van der Waals surface area (Å²) in [7, 11) is 0. The summed E-state index contributed by atoms with van der Waals surface area (Å²) in [5.74, 6) is -0.506. The molecule has 2 rings (SSSR count). The molecule has 0 saturated carbocycles. The van der Waals surface area contributed by atoms with E-state index < -0.39 is 5.97 Å². The van der Waals surface area contributed by atoms with E-state index in [9.17, 15) is 9.59 Å². The van der Waals surface area contributed by atoms with Gasteiger partial charge in [-0.3, -0.25) is 4.79 Å². The van der Waals surface area contributed by atoms with Crippen molar-refractivity contribution in [2.24, 2.45) is 0 Å². The summed E-state index contributed by atoms with van der Waals surface area (Å²) in [6.45, 7) is 1.09. The van der Waals surface area contributed by atoms with E-state index in [-0.39, 0.29) is 11.7 Å². The average Bonchev–Trinajstić information content (AvgIpc) is 2.77. The number of carbonyl (C=O) groups excluding carboxylic acids is 1. The Bertz CT molecular complexity index is 438. The van der Waals surface area contributed by atoms with Gasteiger partial charge in [0.1, 0.15) is 5.76 Å². The van der Waals surface area contributed by atoms with Gasteiger partial charge in [-0.15, -0.1) is 0 Å². The van der Waals surface area contributed by atoms with E-state index in [0.717, 1.165) is 32.2 Å². The Morgan fingerprint density at radius 3 is 2.78 bits per heavy atom. The fourth-order valence-corrected chi connectivity index (χ4v) is 2.15. The van der Waals surface area contributed by atoms with Gasteiger partial charge in [-0.2, -0.15) is 0 Å². The number of carboxylic acids is 1. The lowest BCUT2D eigenvalue weighted by Crippen LogP contribution is -2.32. The first-order chi connectivity index (χ1) is 8.66. The van der Waals surface area contributed by atoms with Gasteiger partial charge in [0, 0.05) is 13.0 Å². The first kappa shape index (κ1) is 12.7. The van der Waals surface area contributed by atoms with Gasteiger partial charge in [-0.05, 0) is 25.0 Å². The maximum absolute atomic E-state index is 11.9. The Balaban J connectivity index is 2.01. The van der Waals surface area contributed by atoms with Crippen LogP contribution in [0.4, 0.5) is 0 Å². The van der Waals surface area contributed by atoms with Crippen molar-refractivity contribution in [2.45, 2.75) is 38.6 Å². The predicted molar refractivity (Wildman–Crippen MR) is 64.2 cm³/mol. The van der Waals surface area contributed by atoms with E-state index in [1.165, 1.54) is 6.07 Å². The van der Waals surface area contributed by atoms with Crippen LogP contribution < -0.4 is 0 Å². The van der Waals surface area contributed by atoms with Crippen LogP contribution >= 0.6 is 0 Å². The Kier molecular flexibility index (Phi) is 4.02. The van der Waals surface area contributed by atoms with Gasteiger partial charge in [0.2, 0.25) is 11.7 Å². The number of aromatic carboxylic acids is 1. The number of hydrogen-bond acceptors (Lipinski definition) is 3. The third kappa shape index (κ3) is 3.12. The molecule has 0 radical (unpaired) electrons. The molecule has 0 bridgehead atoms. The molecule has 1 aliphatic heterocycles. The highest BCUT2D eigenvalue weighted by molar-refractivity contribution is 5.84. The second-order valence-corrected chi connectivity index (χ2v) is 4.55. The average molecular weight is 251 g/mol. The molecule has 1 saturated heterocycles. The van der Waals surface area contributed by atoms with Gasteiger partial charge in [-0.1, -0.05) is 12.8 Å². The fraction of sp³-hybridized carbons (Fsp3) is 0.538. The zero-order chi connectivity index (χ0) is 13.0. The standard InChI is InChI=1S/C13H17NO4/c15-12-5-3-1-2-4-8-14(12)9-10-6-7-11(18-10)13(16)17/h6-7H,1-5,8-9H2,(H,16,17). The van der Waals surface area contributed by atoms with Crippen LogP contribution in [0.15, 0.2) is 16.5 Å². The molecule has 18 heavy (non-hydrogen) atoms. The minimum Gasteiger partial charge on any atom is -0.475 e. The lowest BCUT2D eigenvalue weighted by molar-refractivity contribution is -0.132. The van der Waals surface area contributed by atoms with Gasteiger partial charge in [0.15, 0.2) is 0 Å². The molecule has 0 spiro atoms. The van der Waals surface area contributed by atoms with Crippen molar-refractivity contribution >= 4 is 11.9 Å². The summed E-state index contributed by atoms with van der Waals surface area (Å²) in [5, 5.41) is 8.76. The number of nitrogens with zero attached hydrogens (tertiary/aromatic N) is 1. The fourth-order valence-electron chi connectivity index (χ4n) is 2.15. The largest absolute Gasteiger partial charge is 0.475 e. The normalized spacial score (nSPS) is 17.3. The molecule has 5 heteroatoms. The summed E-state index contributed by atoms with van der Waals surface area (Å²) in [6.07, 6.45) is 4.77. The van der Waals surface area contributed by atoms with Gasteiger partial charge < -0.3 is 14.4 Å². The number of furan rings is 1. The van der Waals surface area contributed by atoms with E-state index in [0.29, 0.717) is 18.7 Å². The number of carbonyl (C=O) groups is 2. The molecule has 98 valence electrons. The lowest BCUT2D eigenvalue weighted by Gasteiger charge is -2.23. The van der Waals surface area contributed by atoms with Crippen LogP contribution in [-0.4, -0.2) is 28.4 Å². The monoisotopic (exact) mass is 251 g/mol. The second-order valence-electron chi connectivity index (χ2n) is 4.55. The Morgan fingerprint density at radius 2 is 2.06 bits per heavy atom. The Hall–Kier alpha value is -1.78. The van der Waals surface area contributed by atoms with E-state index >= 15 is 0 Å². The molecule has 0 unspecified atom stereocenters. The highest BCUT2D eigenvalue weighted by Gasteiger charge is 2.18. The lowest BCUT2D eigenvalue weighted by atomic mass is 10.1. The molecule has 1 fully saturated rings. The summed E-state index contributed by atoms with van der Waals surface area (Å²) < 4.78 is 5.17. The number of amides is 1. The van der Waals surface area contributed by atoms with Crippen LogP contribution in [0.3, 0.4) is 0 Å². The zero-order valence-electron chi connectivity index (χ0n) is 10.2. The molecular weight excluding hydrogens is 234 g/mol. The first-order valence-electron chi connectivity index (χ1n) is 6.26. The van der Waals surface area contributed by atoms with Crippen molar-refractivity contribution in [2.75, 3.05) is 6.54 Å². The number of hydrogen-bond donors (Lipinski definition) is 1. The van der Waals surface area contributed by atoms with Crippen molar-refractivity contribution in [1.82, 2.24) is 4.90 Å². The maximum Gasteiger partial charge on any atom is 0.371 e. The smallest absolute Gasteiger partial charge is 0.371 e. The molecule has 1 N–H and O–H groups in total. The minimum absolute atomic E-state index is 0.0792. The van der Waals surface area contributed by atoms with Crippen LogP contribution in [0.1, 0.15) is 48.4 Å². The van der Waals surface area contributed by atoms with E-state index in [1.807, 2.05) is 0 Å². The van der Waals surface area contributed by atoms with Gasteiger partial charge in [0.05, 0.1) is 6.54 Å². The summed E-state index contributed by atoms with van der Waals surface area (Å²) in [4.78, 5) is 24.3. The number of rotatable bonds is 3. The third-order valence-electron chi connectivity index (χ3n) is 3.14. The highest BCUT2D eigenvalue weighted by atomic mass is 16.4. The maximum atomic E-state index is 11.9. The topological polar surface area (TPSA) is 70.8 Å². The molecule has 1 aromatic heterocycles. The zero-order valence-corrected chi connectivity index (χ0v) is 10.2. The summed E-state index contributed by atoms with van der Waals surface area (Å²) in [6, 6.07) is 3.04. The molecule has 5 nitrogen and oxygen atoms in total. The summed E-state index contributed by atoms with van der Waals surface area (Å²) >= 11 is 0. The minimum atomic E-state index is -1.08. The highest BCUT2D eigenvalue weighted by Crippen LogP contribution is 2.16. The molecule has 0 aliphatic carbocycles. The first-order valence-corrected chi connectivity index (χ1v) is 6.26. The molecule has 1 aliphatic rings. The second kappa shape index (κ2) is 5.71. The quantitative estimate of drug-likeness (QED) is 0.894. The molecule has 1 amide bonds. The Labute approximate surface area is 105 Å². The van der Waals surface area contributed by atoms with Crippen molar-refractivity contribution in [3.8, 4) is 0 Å². The van der Waals surface area contributed by atoms with Crippen LogP contribution in [0.5, 0.6) is 0 Å².